The Morgan fingerprint density at radius 1 is 1.26 bits per heavy atom. The molecule has 1 aromatic heterocycles. The Morgan fingerprint density at radius 2 is 1.97 bits per heavy atom. The molecule has 12 heteroatoms. The van der Waals surface area contributed by atoms with Crippen LogP contribution in [0.15, 0.2) is 46.1 Å². The molecule has 34 heavy (non-hydrogen) atoms. The fourth-order valence-corrected chi connectivity index (χ4v) is 5.06. The number of nitrogens with zero attached hydrogens (tertiary/aromatic N) is 1. The summed E-state index contributed by atoms with van der Waals surface area (Å²) in [5, 5.41) is 2.73. The Morgan fingerprint density at radius 3 is 2.65 bits per heavy atom. The number of rotatable bonds is 10. The van der Waals surface area contributed by atoms with Crippen molar-refractivity contribution in [1.29, 1.82) is 0 Å². The number of carbonyl (C=O) groups is 1. The number of H-pyrrole nitrogens is 1. The van der Waals surface area contributed by atoms with Crippen LogP contribution in [0.3, 0.4) is 0 Å². The summed E-state index contributed by atoms with van der Waals surface area (Å²) >= 11 is 0. The van der Waals surface area contributed by atoms with Gasteiger partial charge in [-0.1, -0.05) is 18.2 Å². The number of hydrogen-bond acceptors (Lipinski definition) is 8. The maximum Gasteiger partial charge on any atom is 0.342 e. The molecule has 4 atom stereocenters. The van der Waals surface area contributed by atoms with Crippen molar-refractivity contribution in [2.75, 3.05) is 13.0 Å². The van der Waals surface area contributed by atoms with Crippen molar-refractivity contribution < 1.29 is 28.1 Å². The summed E-state index contributed by atoms with van der Waals surface area (Å²) in [7, 11) is -3.71. The zero-order valence-electron chi connectivity index (χ0n) is 19.6. The van der Waals surface area contributed by atoms with Gasteiger partial charge in [0.25, 0.3) is 5.56 Å². The number of aromatic nitrogens is 2. The Labute approximate surface area is 196 Å². The van der Waals surface area contributed by atoms with Gasteiger partial charge in [0, 0.05) is 18.2 Å². The van der Waals surface area contributed by atoms with Crippen LogP contribution in [0, 0.1) is 6.92 Å². The van der Waals surface area contributed by atoms with Crippen LogP contribution in [0.1, 0.15) is 39.0 Å². The van der Waals surface area contributed by atoms with Crippen molar-refractivity contribution in [1.82, 2.24) is 14.6 Å². The van der Waals surface area contributed by atoms with Crippen LogP contribution in [0.25, 0.3) is 0 Å². The van der Waals surface area contributed by atoms with Crippen LogP contribution < -0.4 is 20.9 Å². The molecule has 1 saturated heterocycles. The van der Waals surface area contributed by atoms with E-state index in [4.69, 9.17) is 18.7 Å². The molecular weight excluding hydrogens is 465 g/mol. The molecule has 1 aliphatic heterocycles. The average Bonchev–Trinajstić information content (AvgIpc) is 3.24. The zero-order valence-corrected chi connectivity index (χ0v) is 20.4. The number of ether oxygens (including phenoxy) is 3. The molecule has 0 saturated carbocycles. The van der Waals surface area contributed by atoms with Gasteiger partial charge in [0.2, 0.25) is 0 Å². The summed E-state index contributed by atoms with van der Waals surface area (Å²) in [6.07, 6.45) is -0.0773. The second-order valence-electron chi connectivity index (χ2n) is 8.33. The monoisotopic (exact) mass is 495 g/mol. The van der Waals surface area contributed by atoms with Crippen LogP contribution >= 0.6 is 7.52 Å². The first kappa shape index (κ1) is 25.9. The minimum atomic E-state index is -3.71. The van der Waals surface area contributed by atoms with E-state index in [2.05, 4.69) is 10.1 Å². The fourth-order valence-electron chi connectivity index (χ4n) is 3.32. The van der Waals surface area contributed by atoms with E-state index in [1.54, 1.807) is 51.1 Å². The summed E-state index contributed by atoms with van der Waals surface area (Å²) in [4.78, 5) is 38.2. The van der Waals surface area contributed by atoms with E-state index in [1.807, 2.05) is 0 Å². The molecule has 0 amide bonds. The Hall–Kier alpha value is -2.72. The SMILES string of the molecule is Cc1cn(C2C[C@@H](OCP(=O)(N[C@@H](C)C(=O)OC(C)C)Oc3ccccc3)CO2)c(=O)[nH]c1=O. The number of aryl methyl sites for hydroxylation is 1. The van der Waals surface area contributed by atoms with Gasteiger partial charge in [-0.2, -0.15) is 0 Å². The molecule has 0 radical (unpaired) electrons. The molecule has 2 N–H and O–H groups in total. The number of para-hydroxylation sites is 1. The van der Waals surface area contributed by atoms with Crippen molar-refractivity contribution in [3.63, 3.8) is 0 Å². The summed E-state index contributed by atoms with van der Waals surface area (Å²) in [6, 6.07) is 7.64. The summed E-state index contributed by atoms with van der Waals surface area (Å²) in [6.45, 7) is 6.71. The Balaban J connectivity index is 1.68. The molecule has 0 spiro atoms. The van der Waals surface area contributed by atoms with Gasteiger partial charge in [-0.05, 0) is 39.8 Å². The van der Waals surface area contributed by atoms with E-state index in [9.17, 15) is 18.9 Å². The maximum absolute atomic E-state index is 13.6. The number of aromatic amines is 1. The van der Waals surface area contributed by atoms with Crippen molar-refractivity contribution in [2.24, 2.45) is 0 Å². The molecule has 186 valence electrons. The Kier molecular flexibility index (Phi) is 8.48. The third-order valence-corrected chi connectivity index (χ3v) is 6.74. The number of hydrogen-bond donors (Lipinski definition) is 2. The number of esters is 1. The van der Waals surface area contributed by atoms with Crippen LogP contribution in [0.4, 0.5) is 0 Å². The molecule has 2 unspecified atom stereocenters. The number of benzene rings is 1. The predicted octanol–water partition coefficient (Wildman–Crippen LogP) is 2.31. The van der Waals surface area contributed by atoms with Crippen LogP contribution in [-0.4, -0.2) is 46.7 Å². The van der Waals surface area contributed by atoms with Gasteiger partial charge >= 0.3 is 19.2 Å². The lowest BCUT2D eigenvalue weighted by molar-refractivity contribution is -0.149. The van der Waals surface area contributed by atoms with Gasteiger partial charge in [-0.3, -0.25) is 23.7 Å². The van der Waals surface area contributed by atoms with Gasteiger partial charge in [0.05, 0.1) is 18.8 Å². The molecule has 2 heterocycles. The van der Waals surface area contributed by atoms with Gasteiger partial charge in [0.15, 0.2) is 0 Å². The van der Waals surface area contributed by atoms with E-state index in [0.29, 0.717) is 17.7 Å². The molecule has 1 aliphatic rings. The first-order valence-corrected chi connectivity index (χ1v) is 12.7. The van der Waals surface area contributed by atoms with Crippen molar-refractivity contribution in [3.8, 4) is 5.75 Å². The number of carbonyl (C=O) groups excluding carboxylic acids is 1. The fraction of sp³-hybridized carbons (Fsp3) is 0.500. The highest BCUT2D eigenvalue weighted by Gasteiger charge is 2.35. The molecule has 0 aliphatic carbocycles. The van der Waals surface area contributed by atoms with E-state index in [0.717, 1.165) is 0 Å². The predicted molar refractivity (Wildman–Crippen MR) is 124 cm³/mol. The highest BCUT2D eigenvalue weighted by molar-refractivity contribution is 7.57. The second kappa shape index (κ2) is 11.1. The summed E-state index contributed by atoms with van der Waals surface area (Å²) in [5.74, 6) is -0.217. The lowest BCUT2D eigenvalue weighted by Gasteiger charge is -2.25. The smallest absolute Gasteiger partial charge is 0.342 e. The van der Waals surface area contributed by atoms with Gasteiger partial charge in [-0.15, -0.1) is 0 Å². The third-order valence-electron chi connectivity index (χ3n) is 4.97. The third kappa shape index (κ3) is 6.89. The minimum absolute atomic E-state index is 0.144. The van der Waals surface area contributed by atoms with Gasteiger partial charge in [-0.25, -0.2) is 9.88 Å². The second-order valence-corrected chi connectivity index (χ2v) is 10.4. The highest BCUT2D eigenvalue weighted by Crippen LogP contribution is 2.44. The molecule has 3 rings (SSSR count). The van der Waals surface area contributed by atoms with Crippen LogP contribution in [0.2, 0.25) is 0 Å². The zero-order chi connectivity index (χ0) is 24.9. The van der Waals surface area contributed by atoms with Gasteiger partial charge in [0.1, 0.15) is 24.4 Å². The average molecular weight is 495 g/mol. The lowest BCUT2D eigenvalue weighted by atomic mass is 10.3. The van der Waals surface area contributed by atoms with Crippen molar-refractivity contribution in [2.45, 2.75) is 58.6 Å². The molecule has 1 aromatic carbocycles. The quantitative estimate of drug-likeness (QED) is 0.376. The largest absolute Gasteiger partial charge is 0.462 e. The van der Waals surface area contributed by atoms with Crippen molar-refractivity contribution in [3.05, 3.63) is 62.9 Å². The topological polar surface area (TPSA) is 138 Å². The molecule has 11 nitrogen and oxygen atoms in total. The standard InChI is InChI=1S/C22H30N3O8P/c1-14(2)32-21(27)16(4)24-34(29,33-17-8-6-5-7-9-17)13-31-18-10-19(30-12-18)25-11-15(3)20(26)23-22(25)28/h5-9,11,14,16,18-19H,10,12-13H2,1-4H3,(H,24,29)(H,23,26,28)/t16-,18+,19?,34?/m0/s1. The van der Waals surface area contributed by atoms with Crippen LogP contribution in [-0.2, 0) is 23.6 Å². The molecular formula is C22H30N3O8P. The summed E-state index contributed by atoms with van der Waals surface area (Å²) < 4.78 is 37.3. The first-order chi connectivity index (χ1) is 16.1. The highest BCUT2D eigenvalue weighted by atomic mass is 31.2. The normalized spacial score (nSPS) is 20.6. The van der Waals surface area contributed by atoms with E-state index in [1.165, 1.54) is 17.7 Å². The lowest BCUT2D eigenvalue weighted by Crippen LogP contribution is -2.37. The molecule has 0 bridgehead atoms. The summed E-state index contributed by atoms with van der Waals surface area (Å²) in [5.41, 5.74) is -0.666. The number of nitrogens with one attached hydrogen (secondary N) is 2. The van der Waals surface area contributed by atoms with E-state index < -0.39 is 43.1 Å². The maximum atomic E-state index is 13.6. The first-order valence-electron chi connectivity index (χ1n) is 10.9. The van der Waals surface area contributed by atoms with E-state index >= 15 is 0 Å². The molecule has 2 aromatic rings. The Bertz CT molecular complexity index is 1150. The van der Waals surface area contributed by atoms with E-state index in [-0.39, 0.29) is 19.1 Å². The van der Waals surface area contributed by atoms with Crippen LogP contribution in [0.5, 0.6) is 5.75 Å². The minimum Gasteiger partial charge on any atom is -0.462 e. The molecule has 1 fully saturated rings. The van der Waals surface area contributed by atoms with Gasteiger partial charge < -0.3 is 18.7 Å². The van der Waals surface area contributed by atoms with Crippen molar-refractivity contribution >= 4 is 13.5 Å².